The molecule has 0 fully saturated rings. The molecule has 0 aliphatic carbocycles. The van der Waals surface area contributed by atoms with Crippen molar-refractivity contribution >= 4 is 42.7 Å². The van der Waals surface area contributed by atoms with Gasteiger partial charge < -0.3 is 0 Å². The van der Waals surface area contributed by atoms with E-state index in [0.717, 1.165) is 15.1 Å². The molecular weight excluding hydrogens is 335 g/mol. The number of benzene rings is 1. The summed E-state index contributed by atoms with van der Waals surface area (Å²) in [5.74, 6) is 0.257. The summed E-state index contributed by atoms with van der Waals surface area (Å²) in [4.78, 5) is 16.0. The monoisotopic (exact) mass is 350 g/mol. The van der Waals surface area contributed by atoms with Gasteiger partial charge in [0.25, 0.3) is 0 Å². The van der Waals surface area contributed by atoms with Gasteiger partial charge in [0, 0.05) is 0 Å². The molecule has 0 bridgehead atoms. The van der Waals surface area contributed by atoms with Crippen LogP contribution in [0, 0.1) is 0 Å². The third-order valence-corrected chi connectivity index (χ3v) is 5.65. The van der Waals surface area contributed by atoms with Gasteiger partial charge in [-0.05, 0) is 0 Å². The SMILES string of the molecule is C[As](O)c1ccc(NC(=O)CSc2ccccn2)cc1. The maximum absolute atomic E-state index is 11.8. The van der Waals surface area contributed by atoms with Crippen LogP contribution in [0.2, 0.25) is 5.71 Å². The fraction of sp³-hybridized carbons (Fsp3) is 0.143. The number of nitrogens with one attached hydrogen (secondary N) is 1. The minimum atomic E-state index is -1.83. The van der Waals surface area contributed by atoms with Gasteiger partial charge in [0.2, 0.25) is 0 Å². The summed E-state index contributed by atoms with van der Waals surface area (Å²) in [6.45, 7) is 0. The molecule has 1 amide bonds. The van der Waals surface area contributed by atoms with Crippen molar-refractivity contribution in [2.45, 2.75) is 10.7 Å². The zero-order valence-corrected chi connectivity index (χ0v) is 13.7. The minimum absolute atomic E-state index is 0.0664. The van der Waals surface area contributed by atoms with Crippen LogP contribution in [-0.2, 0) is 4.79 Å². The van der Waals surface area contributed by atoms with Crippen LogP contribution in [0.4, 0.5) is 5.69 Å². The van der Waals surface area contributed by atoms with E-state index in [0.29, 0.717) is 5.75 Å². The Hall–Kier alpha value is -1.29. The summed E-state index contributed by atoms with van der Waals surface area (Å²) in [5.41, 5.74) is 2.60. The zero-order chi connectivity index (χ0) is 14.4. The second-order valence-corrected chi connectivity index (χ2v) is 8.35. The molecular formula is C14H15AsN2O2S. The van der Waals surface area contributed by atoms with Gasteiger partial charge in [-0.2, -0.15) is 0 Å². The predicted octanol–water partition coefficient (Wildman–Crippen LogP) is 1.63. The number of aromatic nitrogens is 1. The molecule has 6 heteroatoms. The molecule has 20 heavy (non-hydrogen) atoms. The Morgan fingerprint density at radius 3 is 2.65 bits per heavy atom. The van der Waals surface area contributed by atoms with Gasteiger partial charge >= 0.3 is 127 Å². The van der Waals surface area contributed by atoms with Crippen LogP contribution in [0.25, 0.3) is 0 Å². The molecule has 104 valence electrons. The van der Waals surface area contributed by atoms with Crippen LogP contribution in [0.1, 0.15) is 0 Å². The molecule has 1 aromatic carbocycles. The van der Waals surface area contributed by atoms with E-state index in [1.54, 1.807) is 6.20 Å². The fourth-order valence-corrected chi connectivity index (χ4v) is 3.41. The molecule has 0 saturated carbocycles. The number of anilines is 1. The molecule has 0 saturated heterocycles. The van der Waals surface area contributed by atoms with Crippen LogP contribution in [0.3, 0.4) is 0 Å². The van der Waals surface area contributed by atoms with Crippen molar-refractivity contribution < 1.29 is 8.89 Å². The molecule has 1 atom stereocenters. The first kappa shape index (κ1) is 15.1. The first-order valence-corrected chi connectivity index (χ1v) is 10.7. The number of hydrogen-bond acceptors (Lipinski definition) is 4. The third kappa shape index (κ3) is 4.67. The molecule has 0 aliphatic rings. The van der Waals surface area contributed by atoms with Gasteiger partial charge in [0.05, 0.1) is 0 Å². The Morgan fingerprint density at radius 2 is 2.05 bits per heavy atom. The number of carbonyl (C=O) groups excluding carboxylic acids is 1. The first-order chi connectivity index (χ1) is 9.65. The van der Waals surface area contributed by atoms with Crippen LogP contribution in [-0.4, -0.2) is 35.7 Å². The Bertz CT molecular complexity index is 561. The van der Waals surface area contributed by atoms with Gasteiger partial charge in [-0.1, -0.05) is 0 Å². The molecule has 1 unspecified atom stereocenters. The van der Waals surface area contributed by atoms with E-state index in [1.165, 1.54) is 11.8 Å². The van der Waals surface area contributed by atoms with Crippen molar-refractivity contribution in [1.82, 2.24) is 4.98 Å². The Kier molecular flexibility index (Phi) is 5.65. The quantitative estimate of drug-likeness (QED) is 0.636. The summed E-state index contributed by atoms with van der Waals surface area (Å²) in [5, 5.41) is 3.66. The predicted molar refractivity (Wildman–Crippen MR) is 83.5 cm³/mol. The van der Waals surface area contributed by atoms with Crippen LogP contribution in [0.5, 0.6) is 0 Å². The standard InChI is InChI=1S/C14H15AsN2O2S/c1-15(19)11-5-7-12(8-6-11)17-13(18)10-20-14-4-2-3-9-16-14/h2-9,19H,10H2,1H3,(H,17,18). The van der Waals surface area contributed by atoms with Gasteiger partial charge in [-0.15, -0.1) is 0 Å². The zero-order valence-electron chi connectivity index (χ0n) is 11.0. The van der Waals surface area contributed by atoms with E-state index < -0.39 is 15.0 Å². The van der Waals surface area contributed by atoms with Crippen molar-refractivity contribution in [1.29, 1.82) is 0 Å². The third-order valence-electron chi connectivity index (χ3n) is 2.51. The van der Waals surface area contributed by atoms with Crippen molar-refractivity contribution in [3.63, 3.8) is 0 Å². The molecule has 4 nitrogen and oxygen atoms in total. The van der Waals surface area contributed by atoms with E-state index in [9.17, 15) is 8.89 Å². The number of hydrogen-bond donors (Lipinski definition) is 2. The average molecular weight is 350 g/mol. The van der Waals surface area contributed by atoms with E-state index in [4.69, 9.17) is 0 Å². The van der Waals surface area contributed by atoms with E-state index >= 15 is 0 Å². The second kappa shape index (κ2) is 7.48. The van der Waals surface area contributed by atoms with E-state index in [2.05, 4.69) is 10.3 Å². The normalized spacial score (nSPS) is 11.9. The fourth-order valence-electron chi connectivity index (χ4n) is 1.53. The van der Waals surface area contributed by atoms with Crippen LogP contribution in [0.15, 0.2) is 53.7 Å². The number of pyridine rings is 1. The first-order valence-electron chi connectivity index (χ1n) is 6.01. The van der Waals surface area contributed by atoms with Crippen molar-refractivity contribution in [3.05, 3.63) is 48.7 Å². The van der Waals surface area contributed by atoms with Crippen LogP contribution >= 0.6 is 11.8 Å². The number of rotatable bonds is 5. The van der Waals surface area contributed by atoms with Gasteiger partial charge in [0.1, 0.15) is 0 Å². The summed E-state index contributed by atoms with van der Waals surface area (Å²) in [7, 11) is 0. The van der Waals surface area contributed by atoms with Crippen molar-refractivity contribution in [2.24, 2.45) is 0 Å². The molecule has 2 N–H and O–H groups in total. The van der Waals surface area contributed by atoms with Gasteiger partial charge in [-0.3, -0.25) is 0 Å². The Labute approximate surface area is 127 Å². The molecule has 0 aliphatic heterocycles. The number of amides is 1. The number of thioether (sulfide) groups is 1. The molecule has 0 spiro atoms. The molecule has 2 rings (SSSR count). The van der Waals surface area contributed by atoms with Gasteiger partial charge in [-0.25, -0.2) is 0 Å². The molecule has 2 aromatic rings. The molecule has 1 heterocycles. The van der Waals surface area contributed by atoms with Gasteiger partial charge in [0.15, 0.2) is 0 Å². The molecule has 0 radical (unpaired) electrons. The van der Waals surface area contributed by atoms with E-state index in [-0.39, 0.29) is 5.91 Å². The summed E-state index contributed by atoms with van der Waals surface area (Å²) < 4.78 is 10.5. The molecule has 1 aromatic heterocycles. The topological polar surface area (TPSA) is 62.2 Å². The summed E-state index contributed by atoms with van der Waals surface area (Å²) >= 11 is -0.428. The maximum atomic E-state index is 11.8. The van der Waals surface area contributed by atoms with Crippen LogP contribution < -0.4 is 9.67 Å². The number of nitrogens with zero attached hydrogens (tertiary/aromatic N) is 1. The number of carbonyl (C=O) groups is 1. The summed E-state index contributed by atoms with van der Waals surface area (Å²) in [6.07, 6.45) is 1.71. The second-order valence-electron chi connectivity index (χ2n) is 4.08. The van der Waals surface area contributed by atoms with E-state index in [1.807, 2.05) is 48.2 Å². The van der Waals surface area contributed by atoms with Crippen molar-refractivity contribution in [3.8, 4) is 0 Å². The average Bonchev–Trinajstić information content (AvgIpc) is 2.47. The summed E-state index contributed by atoms with van der Waals surface area (Å²) in [6, 6.07) is 13.0. The Balaban J connectivity index is 1.85. The Morgan fingerprint density at radius 1 is 1.30 bits per heavy atom. The van der Waals surface area contributed by atoms with Crippen molar-refractivity contribution in [2.75, 3.05) is 11.1 Å².